The van der Waals surface area contributed by atoms with E-state index in [9.17, 15) is 18.0 Å². The molecule has 1 atom stereocenters. The highest BCUT2D eigenvalue weighted by molar-refractivity contribution is 7.92. The lowest BCUT2D eigenvalue weighted by Crippen LogP contribution is -2.37. The van der Waals surface area contributed by atoms with Crippen LogP contribution in [0.3, 0.4) is 0 Å². The van der Waals surface area contributed by atoms with Crippen LogP contribution in [0.5, 0.6) is 0 Å². The molecule has 1 amide bonds. The zero-order valence-corrected chi connectivity index (χ0v) is 11.2. The third-order valence-corrected chi connectivity index (χ3v) is 4.06. The van der Waals surface area contributed by atoms with Gasteiger partial charge in [0.15, 0.2) is 15.9 Å². The Morgan fingerprint density at radius 3 is 2.32 bits per heavy atom. The lowest BCUT2D eigenvalue weighted by Gasteiger charge is -2.14. The summed E-state index contributed by atoms with van der Waals surface area (Å²) >= 11 is 0. The molecule has 0 aliphatic heterocycles. The number of hydrogen-bond acceptors (Lipinski definition) is 4. The van der Waals surface area contributed by atoms with E-state index in [2.05, 4.69) is 5.32 Å². The second kappa shape index (κ2) is 6.33. The Labute approximate surface area is 111 Å². The molecule has 0 bridgehead atoms. The molecular weight excluding hydrogens is 270 g/mol. The number of carbonyl (C=O) groups excluding carboxylic acids is 1. The molecule has 0 saturated carbocycles. The quantitative estimate of drug-likeness (QED) is 0.786. The molecule has 0 aromatic heterocycles. The molecule has 0 fully saturated rings. The SMILES string of the molecule is CCS(=O)(=O)CC(=O)N[C@@H](C(=O)O)c1ccccc1. The minimum atomic E-state index is -3.48. The van der Waals surface area contributed by atoms with E-state index in [1.54, 1.807) is 30.3 Å². The van der Waals surface area contributed by atoms with Gasteiger partial charge in [-0.3, -0.25) is 4.79 Å². The summed E-state index contributed by atoms with van der Waals surface area (Å²) in [6.07, 6.45) is 0. The molecule has 0 spiro atoms. The van der Waals surface area contributed by atoms with Crippen LogP contribution in [0.1, 0.15) is 18.5 Å². The van der Waals surface area contributed by atoms with Crippen LogP contribution < -0.4 is 5.32 Å². The predicted molar refractivity (Wildman–Crippen MR) is 69.3 cm³/mol. The molecule has 0 aliphatic carbocycles. The summed E-state index contributed by atoms with van der Waals surface area (Å²) < 4.78 is 22.6. The summed E-state index contributed by atoms with van der Waals surface area (Å²) in [5, 5.41) is 11.3. The lowest BCUT2D eigenvalue weighted by molar-refractivity contribution is -0.141. The summed E-state index contributed by atoms with van der Waals surface area (Å²) in [7, 11) is -3.48. The van der Waals surface area contributed by atoms with Crippen LogP contribution in [0.25, 0.3) is 0 Å². The molecule has 19 heavy (non-hydrogen) atoms. The molecule has 1 rings (SSSR count). The summed E-state index contributed by atoms with van der Waals surface area (Å²) in [5.74, 6) is -2.93. The molecule has 7 heteroatoms. The molecule has 0 saturated heterocycles. The Kier molecular flexibility index (Phi) is 5.05. The van der Waals surface area contributed by atoms with Gasteiger partial charge >= 0.3 is 5.97 Å². The van der Waals surface area contributed by atoms with Gasteiger partial charge in [-0.2, -0.15) is 0 Å². The van der Waals surface area contributed by atoms with Crippen LogP contribution in [0.2, 0.25) is 0 Å². The number of carboxylic acid groups (broad SMARTS) is 1. The van der Waals surface area contributed by atoms with E-state index < -0.39 is 33.5 Å². The first-order valence-electron chi connectivity index (χ1n) is 5.63. The predicted octanol–water partition coefficient (Wildman–Crippen LogP) is 0.363. The Morgan fingerprint density at radius 1 is 1.26 bits per heavy atom. The van der Waals surface area contributed by atoms with E-state index in [0.29, 0.717) is 5.56 Å². The molecule has 0 radical (unpaired) electrons. The average Bonchev–Trinajstić information content (AvgIpc) is 2.36. The van der Waals surface area contributed by atoms with Crippen molar-refractivity contribution in [3.63, 3.8) is 0 Å². The summed E-state index contributed by atoms with van der Waals surface area (Å²) in [6.45, 7) is 1.43. The highest BCUT2D eigenvalue weighted by atomic mass is 32.2. The standard InChI is InChI=1S/C12H15NO5S/c1-2-19(17,18)8-10(14)13-11(12(15)16)9-6-4-3-5-7-9/h3-7,11H,2,8H2,1H3,(H,13,14)(H,15,16)/t11-/m1/s1. The number of benzene rings is 1. The smallest absolute Gasteiger partial charge is 0.330 e. The van der Waals surface area contributed by atoms with Crippen LogP contribution in [0, 0.1) is 0 Å². The average molecular weight is 285 g/mol. The van der Waals surface area contributed by atoms with E-state index >= 15 is 0 Å². The van der Waals surface area contributed by atoms with E-state index in [0.717, 1.165) is 0 Å². The maximum Gasteiger partial charge on any atom is 0.330 e. The number of rotatable bonds is 6. The highest BCUT2D eigenvalue weighted by Crippen LogP contribution is 2.12. The topological polar surface area (TPSA) is 101 Å². The monoisotopic (exact) mass is 285 g/mol. The number of carbonyl (C=O) groups is 2. The van der Waals surface area contributed by atoms with Crippen LogP contribution in [0.4, 0.5) is 0 Å². The first kappa shape index (κ1) is 15.2. The van der Waals surface area contributed by atoms with Gasteiger partial charge in [-0.1, -0.05) is 37.3 Å². The third-order valence-electron chi connectivity index (χ3n) is 2.48. The van der Waals surface area contributed by atoms with E-state index in [1.165, 1.54) is 6.92 Å². The molecule has 1 aromatic carbocycles. The van der Waals surface area contributed by atoms with Crippen molar-refractivity contribution in [2.24, 2.45) is 0 Å². The Hall–Kier alpha value is -1.89. The van der Waals surface area contributed by atoms with Crippen LogP contribution in [0.15, 0.2) is 30.3 Å². The van der Waals surface area contributed by atoms with Crippen LogP contribution >= 0.6 is 0 Å². The van der Waals surface area contributed by atoms with Crippen molar-refractivity contribution >= 4 is 21.7 Å². The van der Waals surface area contributed by atoms with Crippen molar-refractivity contribution in [1.29, 1.82) is 0 Å². The fraction of sp³-hybridized carbons (Fsp3) is 0.333. The van der Waals surface area contributed by atoms with Crippen molar-refractivity contribution in [1.82, 2.24) is 5.32 Å². The minimum Gasteiger partial charge on any atom is -0.479 e. The van der Waals surface area contributed by atoms with Gasteiger partial charge in [0, 0.05) is 5.75 Å². The van der Waals surface area contributed by atoms with Crippen LogP contribution in [-0.4, -0.2) is 36.9 Å². The van der Waals surface area contributed by atoms with Gasteiger partial charge in [0.2, 0.25) is 5.91 Å². The number of nitrogens with one attached hydrogen (secondary N) is 1. The summed E-state index contributed by atoms with van der Waals surface area (Å²) in [5.41, 5.74) is 0.386. The number of aliphatic carboxylic acids is 1. The molecule has 104 valence electrons. The van der Waals surface area contributed by atoms with E-state index in [4.69, 9.17) is 5.11 Å². The number of amides is 1. The molecule has 0 heterocycles. The van der Waals surface area contributed by atoms with Crippen molar-refractivity contribution < 1.29 is 23.1 Å². The molecule has 0 aliphatic rings. The number of carboxylic acids is 1. The minimum absolute atomic E-state index is 0.163. The van der Waals surface area contributed by atoms with Gasteiger partial charge in [-0.15, -0.1) is 0 Å². The first-order valence-corrected chi connectivity index (χ1v) is 7.45. The van der Waals surface area contributed by atoms with Crippen molar-refractivity contribution in [3.8, 4) is 0 Å². The third kappa shape index (κ3) is 4.70. The largest absolute Gasteiger partial charge is 0.479 e. The Balaban J connectivity index is 2.82. The maximum absolute atomic E-state index is 11.6. The molecule has 0 unspecified atom stereocenters. The normalized spacial score (nSPS) is 12.7. The highest BCUT2D eigenvalue weighted by Gasteiger charge is 2.24. The Morgan fingerprint density at radius 2 is 1.84 bits per heavy atom. The number of hydrogen-bond donors (Lipinski definition) is 2. The fourth-order valence-electron chi connectivity index (χ4n) is 1.44. The Bertz CT molecular complexity index is 553. The second-order valence-corrected chi connectivity index (χ2v) is 6.28. The van der Waals surface area contributed by atoms with Crippen molar-refractivity contribution in [3.05, 3.63) is 35.9 Å². The fourth-order valence-corrected chi connectivity index (χ4v) is 2.12. The summed E-state index contributed by atoms with van der Waals surface area (Å²) in [6, 6.07) is 6.84. The first-order chi connectivity index (χ1) is 8.85. The number of sulfone groups is 1. The van der Waals surface area contributed by atoms with Gasteiger partial charge in [0.25, 0.3) is 0 Å². The molecular formula is C12H15NO5S. The maximum atomic E-state index is 11.6. The van der Waals surface area contributed by atoms with Crippen molar-refractivity contribution in [2.75, 3.05) is 11.5 Å². The van der Waals surface area contributed by atoms with Gasteiger partial charge in [0.1, 0.15) is 5.75 Å². The zero-order valence-electron chi connectivity index (χ0n) is 10.4. The van der Waals surface area contributed by atoms with Gasteiger partial charge < -0.3 is 10.4 Å². The van der Waals surface area contributed by atoms with E-state index in [1.807, 2.05) is 0 Å². The zero-order chi connectivity index (χ0) is 14.5. The van der Waals surface area contributed by atoms with Gasteiger partial charge in [-0.25, -0.2) is 13.2 Å². The molecule has 1 aromatic rings. The van der Waals surface area contributed by atoms with E-state index in [-0.39, 0.29) is 5.75 Å². The molecule has 2 N–H and O–H groups in total. The lowest BCUT2D eigenvalue weighted by atomic mass is 10.1. The molecule has 6 nitrogen and oxygen atoms in total. The van der Waals surface area contributed by atoms with Crippen LogP contribution in [-0.2, 0) is 19.4 Å². The summed E-state index contributed by atoms with van der Waals surface area (Å²) in [4.78, 5) is 22.7. The van der Waals surface area contributed by atoms with Gasteiger partial charge in [0.05, 0.1) is 0 Å². The van der Waals surface area contributed by atoms with Gasteiger partial charge in [-0.05, 0) is 5.56 Å². The second-order valence-electron chi connectivity index (χ2n) is 3.93. The van der Waals surface area contributed by atoms with Crippen molar-refractivity contribution in [2.45, 2.75) is 13.0 Å².